The molecular weight excluding hydrogens is 305 g/mol. The summed E-state index contributed by atoms with van der Waals surface area (Å²) in [5.41, 5.74) is 11.0. The number of hydrogen-bond acceptors (Lipinski definition) is 4. The molecule has 2 rings (SSSR count). The fraction of sp³-hybridized carbons (Fsp3) is 0.400. The number of morpholine rings is 1. The lowest BCUT2D eigenvalue weighted by Gasteiger charge is -2.28. The van der Waals surface area contributed by atoms with Crippen LogP contribution in [0.5, 0.6) is 0 Å². The van der Waals surface area contributed by atoms with Crippen molar-refractivity contribution in [1.29, 1.82) is 0 Å². The molecule has 4 nitrogen and oxygen atoms in total. The molecule has 1 fully saturated rings. The van der Waals surface area contributed by atoms with Gasteiger partial charge < -0.3 is 15.9 Å². The third-order valence-electron chi connectivity index (χ3n) is 2.30. The van der Waals surface area contributed by atoms with Crippen LogP contribution in [-0.2, 0) is 4.74 Å². The molecule has 3 N–H and O–H groups in total. The van der Waals surface area contributed by atoms with Gasteiger partial charge in [-0.1, -0.05) is 0 Å². The topological polar surface area (TPSA) is 50.5 Å². The van der Waals surface area contributed by atoms with Crippen molar-refractivity contribution in [1.82, 2.24) is 5.01 Å². The quantitative estimate of drug-likeness (QED) is 0.641. The first kappa shape index (κ1) is 11.0. The molecule has 0 amide bonds. The number of nitrogens with one attached hydrogen (secondary N) is 1. The minimum atomic E-state index is 0.775. The molecule has 1 aromatic rings. The van der Waals surface area contributed by atoms with E-state index in [0.717, 1.165) is 41.2 Å². The Balaban J connectivity index is 2.03. The van der Waals surface area contributed by atoms with Gasteiger partial charge in [0, 0.05) is 16.7 Å². The maximum Gasteiger partial charge on any atom is 0.0720 e. The van der Waals surface area contributed by atoms with E-state index >= 15 is 0 Å². The average molecular weight is 319 g/mol. The summed E-state index contributed by atoms with van der Waals surface area (Å²) in [4.78, 5) is 0. The molecule has 0 atom stereocenters. The molecule has 82 valence electrons. The summed E-state index contributed by atoms with van der Waals surface area (Å²) < 4.78 is 6.42. The minimum absolute atomic E-state index is 0.775. The molecule has 1 heterocycles. The van der Waals surface area contributed by atoms with E-state index in [1.54, 1.807) is 0 Å². The molecule has 1 aromatic carbocycles. The number of hydrogen-bond donors (Lipinski definition) is 2. The first-order valence-corrected chi connectivity index (χ1v) is 5.98. The summed E-state index contributed by atoms with van der Waals surface area (Å²) in [6.45, 7) is 3.34. The zero-order valence-electron chi connectivity index (χ0n) is 8.37. The summed E-state index contributed by atoms with van der Waals surface area (Å²) in [6.07, 6.45) is 0. The van der Waals surface area contributed by atoms with Gasteiger partial charge in [-0.05, 0) is 40.8 Å². The van der Waals surface area contributed by atoms with Crippen LogP contribution in [0.15, 0.2) is 18.2 Å². The van der Waals surface area contributed by atoms with Crippen LogP contribution in [0.25, 0.3) is 0 Å². The lowest BCUT2D eigenvalue weighted by Crippen LogP contribution is -2.40. The number of nitrogens with zero attached hydrogens (tertiary/aromatic N) is 1. The number of ether oxygens (including phenoxy) is 1. The van der Waals surface area contributed by atoms with Crippen LogP contribution in [0.2, 0.25) is 0 Å². The summed E-state index contributed by atoms with van der Waals surface area (Å²) in [6, 6.07) is 6.01. The number of nitrogens with two attached hydrogens (primary N) is 1. The molecule has 0 saturated carbocycles. The Morgan fingerprint density at radius 2 is 2.07 bits per heavy atom. The molecule has 15 heavy (non-hydrogen) atoms. The number of hydrazine groups is 1. The van der Waals surface area contributed by atoms with Crippen LogP contribution < -0.4 is 11.2 Å². The van der Waals surface area contributed by atoms with Crippen molar-refractivity contribution >= 4 is 34.0 Å². The monoisotopic (exact) mass is 319 g/mol. The Morgan fingerprint density at radius 3 is 2.73 bits per heavy atom. The van der Waals surface area contributed by atoms with E-state index in [1.165, 1.54) is 0 Å². The third kappa shape index (κ3) is 2.96. The van der Waals surface area contributed by atoms with Gasteiger partial charge in [0.25, 0.3) is 0 Å². The maximum atomic E-state index is 5.91. The number of nitrogen functional groups attached to an aromatic ring is 1. The van der Waals surface area contributed by atoms with Gasteiger partial charge in [0.1, 0.15) is 0 Å². The summed E-state index contributed by atoms with van der Waals surface area (Å²) in [7, 11) is 0. The molecule has 0 spiro atoms. The van der Waals surface area contributed by atoms with Crippen LogP contribution in [0, 0.1) is 3.57 Å². The van der Waals surface area contributed by atoms with Crippen molar-refractivity contribution in [3.63, 3.8) is 0 Å². The van der Waals surface area contributed by atoms with Crippen molar-refractivity contribution in [2.75, 3.05) is 37.5 Å². The highest BCUT2D eigenvalue weighted by atomic mass is 127. The van der Waals surface area contributed by atoms with Crippen LogP contribution in [0.4, 0.5) is 11.4 Å². The third-order valence-corrected chi connectivity index (χ3v) is 2.97. The fourth-order valence-corrected chi connectivity index (χ4v) is 2.00. The van der Waals surface area contributed by atoms with Crippen molar-refractivity contribution in [3.05, 3.63) is 21.8 Å². The smallest absolute Gasteiger partial charge is 0.0720 e. The lowest BCUT2D eigenvalue weighted by molar-refractivity contribution is 0.0497. The summed E-state index contributed by atoms with van der Waals surface area (Å²) in [5, 5.41) is 2.13. The highest BCUT2D eigenvalue weighted by molar-refractivity contribution is 14.1. The number of anilines is 2. The second-order valence-corrected chi connectivity index (χ2v) is 4.69. The number of rotatable bonds is 2. The zero-order chi connectivity index (χ0) is 10.7. The SMILES string of the molecule is Nc1cc(I)ccc1NN1CCOCC1. The van der Waals surface area contributed by atoms with Crippen LogP contribution >= 0.6 is 22.6 Å². The van der Waals surface area contributed by atoms with E-state index in [2.05, 4.69) is 33.0 Å². The van der Waals surface area contributed by atoms with E-state index in [9.17, 15) is 0 Å². The Bertz CT molecular complexity index is 339. The summed E-state index contributed by atoms with van der Waals surface area (Å²) >= 11 is 2.25. The molecule has 0 bridgehead atoms. The van der Waals surface area contributed by atoms with Gasteiger partial charge in [0.2, 0.25) is 0 Å². The van der Waals surface area contributed by atoms with Crippen molar-refractivity contribution < 1.29 is 4.74 Å². The molecular formula is C10H14IN3O. The van der Waals surface area contributed by atoms with E-state index in [1.807, 2.05) is 18.2 Å². The predicted octanol–water partition coefficient (Wildman–Crippen LogP) is 1.53. The standard InChI is InChI=1S/C10H14IN3O/c11-8-1-2-10(9(12)7-8)13-14-3-5-15-6-4-14/h1-2,7,13H,3-6,12H2. The van der Waals surface area contributed by atoms with Crippen molar-refractivity contribution in [2.24, 2.45) is 0 Å². The highest BCUT2D eigenvalue weighted by Gasteiger charge is 2.10. The fourth-order valence-electron chi connectivity index (χ4n) is 1.48. The Hall–Kier alpha value is -0.530. The van der Waals surface area contributed by atoms with Gasteiger partial charge in [-0.15, -0.1) is 0 Å². The number of benzene rings is 1. The molecule has 0 aromatic heterocycles. The first-order valence-electron chi connectivity index (χ1n) is 4.90. The Kier molecular flexibility index (Phi) is 3.66. The van der Waals surface area contributed by atoms with Crippen molar-refractivity contribution in [2.45, 2.75) is 0 Å². The van der Waals surface area contributed by atoms with Gasteiger partial charge in [-0.25, -0.2) is 5.01 Å². The molecule has 1 saturated heterocycles. The van der Waals surface area contributed by atoms with Gasteiger partial charge in [0.15, 0.2) is 0 Å². The van der Waals surface area contributed by atoms with E-state index < -0.39 is 0 Å². The van der Waals surface area contributed by atoms with Crippen LogP contribution in [0.3, 0.4) is 0 Å². The van der Waals surface area contributed by atoms with Crippen LogP contribution in [0.1, 0.15) is 0 Å². The van der Waals surface area contributed by atoms with E-state index in [0.29, 0.717) is 0 Å². The lowest BCUT2D eigenvalue weighted by atomic mass is 10.3. The minimum Gasteiger partial charge on any atom is -0.397 e. The predicted molar refractivity (Wildman–Crippen MR) is 69.6 cm³/mol. The molecule has 0 unspecified atom stereocenters. The average Bonchev–Trinajstić information content (AvgIpc) is 2.24. The second kappa shape index (κ2) is 5.00. The second-order valence-electron chi connectivity index (χ2n) is 3.44. The largest absolute Gasteiger partial charge is 0.397 e. The Morgan fingerprint density at radius 1 is 1.33 bits per heavy atom. The zero-order valence-corrected chi connectivity index (χ0v) is 10.5. The highest BCUT2D eigenvalue weighted by Crippen LogP contribution is 2.21. The van der Waals surface area contributed by atoms with Gasteiger partial charge in [-0.3, -0.25) is 0 Å². The Labute approximate surface area is 103 Å². The van der Waals surface area contributed by atoms with Crippen LogP contribution in [-0.4, -0.2) is 31.3 Å². The van der Waals surface area contributed by atoms with Gasteiger partial charge in [-0.2, -0.15) is 0 Å². The van der Waals surface area contributed by atoms with E-state index in [4.69, 9.17) is 10.5 Å². The molecule has 1 aliphatic heterocycles. The van der Waals surface area contributed by atoms with E-state index in [-0.39, 0.29) is 0 Å². The van der Waals surface area contributed by atoms with Crippen molar-refractivity contribution in [3.8, 4) is 0 Å². The summed E-state index contributed by atoms with van der Waals surface area (Å²) in [5.74, 6) is 0. The molecule has 0 radical (unpaired) electrons. The molecule has 5 heteroatoms. The molecule has 1 aliphatic rings. The normalized spacial score (nSPS) is 17.7. The first-order chi connectivity index (χ1) is 7.25. The van der Waals surface area contributed by atoms with Gasteiger partial charge in [0.05, 0.1) is 24.6 Å². The number of halogens is 1. The molecule has 0 aliphatic carbocycles. The maximum absolute atomic E-state index is 5.91. The van der Waals surface area contributed by atoms with Gasteiger partial charge >= 0.3 is 0 Å².